The highest BCUT2D eigenvalue weighted by atomic mass is 16.3. The molecular weight excluding hydrogens is 679 g/mol. The number of rotatable bonds is 6. The summed E-state index contributed by atoms with van der Waals surface area (Å²) >= 11 is 0. The number of hydrogen-bond donors (Lipinski definition) is 0. The van der Waals surface area contributed by atoms with Crippen molar-refractivity contribution < 1.29 is 4.42 Å². The number of nitrogens with zero attached hydrogens (tertiary/aromatic N) is 1. The zero-order valence-electron chi connectivity index (χ0n) is 30.6. The Balaban J connectivity index is 0.995. The molecular formula is C54H35NO. The molecule has 0 aliphatic heterocycles. The van der Waals surface area contributed by atoms with Gasteiger partial charge in [-0.2, -0.15) is 0 Å². The normalized spacial score (nSPS) is 11.6. The second-order valence-corrected chi connectivity index (χ2v) is 14.6. The molecule has 0 unspecified atom stereocenters. The molecule has 0 amide bonds. The SMILES string of the molecule is c1cc(-c2ccc3cc(N(c4ccc(-c5cccc6ccccc56)cc4)c4ccc5c(ccc6ccccc65)c4)ccc3c2)cc(-c2cc3ccccc3o2)c1. The van der Waals surface area contributed by atoms with Crippen LogP contribution in [0.1, 0.15) is 0 Å². The molecule has 262 valence electrons. The van der Waals surface area contributed by atoms with E-state index in [2.05, 4.69) is 199 Å². The topological polar surface area (TPSA) is 16.4 Å². The van der Waals surface area contributed by atoms with Crippen molar-refractivity contribution in [1.29, 1.82) is 0 Å². The Morgan fingerprint density at radius 1 is 0.286 bits per heavy atom. The van der Waals surface area contributed by atoms with E-state index in [1.54, 1.807) is 0 Å². The van der Waals surface area contributed by atoms with E-state index in [-0.39, 0.29) is 0 Å². The smallest absolute Gasteiger partial charge is 0.135 e. The average Bonchev–Trinajstić information content (AvgIpc) is 3.71. The van der Waals surface area contributed by atoms with Crippen LogP contribution in [0.25, 0.3) is 87.6 Å². The summed E-state index contributed by atoms with van der Waals surface area (Å²) < 4.78 is 6.21. The molecule has 0 atom stereocenters. The Kier molecular flexibility index (Phi) is 7.53. The molecule has 0 bridgehead atoms. The molecule has 0 aliphatic carbocycles. The summed E-state index contributed by atoms with van der Waals surface area (Å²) in [6, 6.07) is 76.6. The minimum atomic E-state index is 0.880. The van der Waals surface area contributed by atoms with Gasteiger partial charge in [-0.3, -0.25) is 0 Å². The van der Waals surface area contributed by atoms with E-state index in [0.717, 1.165) is 44.9 Å². The third kappa shape index (κ3) is 5.59. The van der Waals surface area contributed by atoms with Crippen LogP contribution in [-0.2, 0) is 0 Å². The third-order valence-corrected chi connectivity index (χ3v) is 11.2. The minimum Gasteiger partial charge on any atom is -0.456 e. The fraction of sp³-hybridized carbons (Fsp3) is 0. The molecule has 11 aromatic rings. The maximum atomic E-state index is 6.21. The molecule has 11 rings (SSSR count). The van der Waals surface area contributed by atoms with Gasteiger partial charge in [0.25, 0.3) is 0 Å². The van der Waals surface area contributed by atoms with Gasteiger partial charge in [-0.1, -0.05) is 152 Å². The van der Waals surface area contributed by atoms with E-state index in [1.807, 2.05) is 18.2 Å². The second kappa shape index (κ2) is 13.2. The van der Waals surface area contributed by atoms with Crippen molar-refractivity contribution in [2.24, 2.45) is 0 Å². The lowest BCUT2D eigenvalue weighted by atomic mass is 9.97. The quantitative estimate of drug-likeness (QED) is 0.160. The highest BCUT2D eigenvalue weighted by molar-refractivity contribution is 6.09. The molecule has 56 heavy (non-hydrogen) atoms. The zero-order valence-corrected chi connectivity index (χ0v) is 30.6. The van der Waals surface area contributed by atoms with Crippen LogP contribution >= 0.6 is 0 Å². The molecule has 1 heterocycles. The van der Waals surface area contributed by atoms with Crippen molar-refractivity contribution in [1.82, 2.24) is 0 Å². The summed E-state index contributed by atoms with van der Waals surface area (Å²) in [6.07, 6.45) is 0. The van der Waals surface area contributed by atoms with Crippen LogP contribution in [0, 0.1) is 0 Å². The maximum Gasteiger partial charge on any atom is 0.135 e. The number of furan rings is 1. The molecule has 0 aliphatic rings. The first kappa shape index (κ1) is 32.0. The first-order valence-electron chi connectivity index (χ1n) is 19.2. The lowest BCUT2D eigenvalue weighted by Gasteiger charge is -2.26. The van der Waals surface area contributed by atoms with Crippen LogP contribution in [0.5, 0.6) is 0 Å². The van der Waals surface area contributed by atoms with Gasteiger partial charge in [0.2, 0.25) is 0 Å². The van der Waals surface area contributed by atoms with E-state index in [0.29, 0.717) is 0 Å². The maximum absolute atomic E-state index is 6.21. The Labute approximate surface area is 325 Å². The van der Waals surface area contributed by atoms with Gasteiger partial charge in [0, 0.05) is 28.0 Å². The van der Waals surface area contributed by atoms with Gasteiger partial charge < -0.3 is 9.32 Å². The van der Waals surface area contributed by atoms with Gasteiger partial charge in [0.1, 0.15) is 11.3 Å². The molecule has 10 aromatic carbocycles. The highest BCUT2D eigenvalue weighted by Gasteiger charge is 2.16. The van der Waals surface area contributed by atoms with Crippen molar-refractivity contribution in [3.05, 3.63) is 212 Å². The largest absolute Gasteiger partial charge is 0.456 e. The highest BCUT2D eigenvalue weighted by Crippen LogP contribution is 2.41. The predicted molar refractivity (Wildman–Crippen MR) is 237 cm³/mol. The molecule has 2 nitrogen and oxygen atoms in total. The molecule has 0 N–H and O–H groups in total. The zero-order chi connectivity index (χ0) is 37.0. The van der Waals surface area contributed by atoms with Crippen LogP contribution in [0.15, 0.2) is 217 Å². The predicted octanol–water partition coefficient (Wildman–Crippen LogP) is 15.5. The van der Waals surface area contributed by atoms with Crippen molar-refractivity contribution >= 4 is 71.1 Å². The fourth-order valence-corrected chi connectivity index (χ4v) is 8.38. The molecule has 0 radical (unpaired) electrons. The van der Waals surface area contributed by atoms with Crippen LogP contribution in [-0.4, -0.2) is 0 Å². The first-order valence-corrected chi connectivity index (χ1v) is 19.2. The summed E-state index contributed by atoms with van der Waals surface area (Å²) in [7, 11) is 0. The monoisotopic (exact) mass is 713 g/mol. The molecule has 0 spiro atoms. The van der Waals surface area contributed by atoms with E-state index in [1.165, 1.54) is 59.8 Å². The molecule has 0 fully saturated rings. The van der Waals surface area contributed by atoms with Crippen LogP contribution < -0.4 is 4.90 Å². The number of benzene rings is 10. The molecule has 2 heteroatoms. The van der Waals surface area contributed by atoms with E-state index in [4.69, 9.17) is 4.42 Å². The minimum absolute atomic E-state index is 0.880. The van der Waals surface area contributed by atoms with Crippen LogP contribution in [0.4, 0.5) is 17.1 Å². The summed E-state index contributed by atoms with van der Waals surface area (Å²) in [5.74, 6) is 0.880. The lowest BCUT2D eigenvalue weighted by molar-refractivity contribution is 0.631. The number of fused-ring (bicyclic) bond motifs is 6. The summed E-state index contributed by atoms with van der Waals surface area (Å²) in [5.41, 5.74) is 10.1. The van der Waals surface area contributed by atoms with E-state index < -0.39 is 0 Å². The van der Waals surface area contributed by atoms with Crippen molar-refractivity contribution in [3.63, 3.8) is 0 Å². The van der Waals surface area contributed by atoms with Crippen LogP contribution in [0.3, 0.4) is 0 Å². The summed E-state index contributed by atoms with van der Waals surface area (Å²) in [5, 5.41) is 11.0. The molecule has 0 saturated heterocycles. The standard InChI is InChI=1S/C54H35NO/c1-4-15-49-36(9-1)12-8-17-51(49)38-23-26-46(27-24-38)55(48-29-30-52-43(34-48)22-19-37-10-2-5-16-50(37)52)47-28-25-41-31-40(20-21-42(41)33-47)39-13-7-14-44(32-39)54-35-45-11-3-6-18-53(45)56-54/h1-35H. The second-order valence-electron chi connectivity index (χ2n) is 14.6. The van der Waals surface area contributed by atoms with Gasteiger partial charge in [-0.15, -0.1) is 0 Å². The number of anilines is 3. The molecule has 0 saturated carbocycles. The Hall–Kier alpha value is -7.42. The van der Waals surface area contributed by atoms with Gasteiger partial charge >= 0.3 is 0 Å². The van der Waals surface area contributed by atoms with Crippen molar-refractivity contribution in [2.75, 3.05) is 4.90 Å². The fourth-order valence-electron chi connectivity index (χ4n) is 8.38. The summed E-state index contributed by atoms with van der Waals surface area (Å²) in [6.45, 7) is 0. The Bertz CT molecular complexity index is 3220. The van der Waals surface area contributed by atoms with Gasteiger partial charge in [0.15, 0.2) is 0 Å². The van der Waals surface area contributed by atoms with E-state index >= 15 is 0 Å². The average molecular weight is 714 g/mol. The third-order valence-electron chi connectivity index (χ3n) is 11.2. The summed E-state index contributed by atoms with van der Waals surface area (Å²) in [4.78, 5) is 2.38. The van der Waals surface area contributed by atoms with Crippen LogP contribution in [0.2, 0.25) is 0 Å². The van der Waals surface area contributed by atoms with Crippen molar-refractivity contribution in [3.8, 4) is 33.6 Å². The molecule has 1 aromatic heterocycles. The van der Waals surface area contributed by atoms with Gasteiger partial charge in [-0.25, -0.2) is 0 Å². The van der Waals surface area contributed by atoms with Crippen molar-refractivity contribution in [2.45, 2.75) is 0 Å². The number of para-hydroxylation sites is 1. The van der Waals surface area contributed by atoms with Gasteiger partial charge in [-0.05, 0) is 126 Å². The first-order chi connectivity index (χ1) is 27.7. The van der Waals surface area contributed by atoms with Gasteiger partial charge in [0.05, 0.1) is 0 Å². The number of hydrogen-bond acceptors (Lipinski definition) is 2. The van der Waals surface area contributed by atoms with E-state index in [9.17, 15) is 0 Å². The Morgan fingerprint density at radius 2 is 0.839 bits per heavy atom. The lowest BCUT2D eigenvalue weighted by Crippen LogP contribution is -2.10. The Morgan fingerprint density at radius 3 is 1.70 bits per heavy atom.